The average molecular weight is 419 g/mol. The SMILES string of the molecule is CCc1ccc(Cc2cc3c(cc2Cl)C(=O)O[C@@H]2[C@@H](O)[C@H](O)[C@@H](CO)O[C@@H]32)cc1. The van der Waals surface area contributed by atoms with E-state index in [0.29, 0.717) is 17.0 Å². The van der Waals surface area contributed by atoms with E-state index in [1.54, 1.807) is 12.1 Å². The number of halogens is 1. The Hall–Kier alpha value is -1.96. The first-order valence-corrected chi connectivity index (χ1v) is 10.0. The molecule has 1 fully saturated rings. The summed E-state index contributed by atoms with van der Waals surface area (Å²) in [6, 6.07) is 11.6. The molecule has 2 aliphatic rings. The van der Waals surface area contributed by atoms with Crippen LogP contribution in [0.2, 0.25) is 5.02 Å². The fourth-order valence-electron chi connectivity index (χ4n) is 3.96. The van der Waals surface area contributed by atoms with E-state index in [1.807, 2.05) is 12.1 Å². The molecule has 29 heavy (non-hydrogen) atoms. The first-order chi connectivity index (χ1) is 13.9. The highest BCUT2D eigenvalue weighted by molar-refractivity contribution is 6.31. The second-order valence-corrected chi connectivity index (χ2v) is 7.91. The molecule has 0 spiro atoms. The highest BCUT2D eigenvalue weighted by atomic mass is 35.5. The number of aliphatic hydroxyl groups excluding tert-OH is 3. The molecule has 154 valence electrons. The molecule has 6 nitrogen and oxygen atoms in total. The molecule has 2 heterocycles. The van der Waals surface area contributed by atoms with Gasteiger partial charge >= 0.3 is 5.97 Å². The Balaban J connectivity index is 1.70. The van der Waals surface area contributed by atoms with E-state index in [4.69, 9.17) is 21.1 Å². The van der Waals surface area contributed by atoms with Gasteiger partial charge in [0.2, 0.25) is 0 Å². The lowest BCUT2D eigenvalue weighted by atomic mass is 9.85. The van der Waals surface area contributed by atoms with E-state index in [-0.39, 0.29) is 5.56 Å². The summed E-state index contributed by atoms with van der Waals surface area (Å²) in [7, 11) is 0. The van der Waals surface area contributed by atoms with Crippen molar-refractivity contribution in [3.8, 4) is 0 Å². The molecule has 0 saturated carbocycles. The van der Waals surface area contributed by atoms with Crippen molar-refractivity contribution in [3.63, 3.8) is 0 Å². The maximum atomic E-state index is 12.5. The van der Waals surface area contributed by atoms with Crippen LogP contribution in [0.1, 0.15) is 45.6 Å². The minimum atomic E-state index is -1.36. The summed E-state index contributed by atoms with van der Waals surface area (Å²) in [5.74, 6) is -0.626. The Bertz CT molecular complexity index is 912. The Kier molecular flexibility index (Phi) is 5.64. The van der Waals surface area contributed by atoms with Crippen LogP contribution >= 0.6 is 11.6 Å². The van der Waals surface area contributed by atoms with Crippen LogP contribution in [0.3, 0.4) is 0 Å². The normalized spacial score (nSPS) is 28.4. The van der Waals surface area contributed by atoms with E-state index in [1.165, 1.54) is 5.56 Å². The van der Waals surface area contributed by atoms with Crippen LogP contribution in [0.25, 0.3) is 0 Å². The van der Waals surface area contributed by atoms with Crippen molar-refractivity contribution in [2.24, 2.45) is 0 Å². The fraction of sp³-hybridized carbons (Fsp3) is 0.409. The first-order valence-electron chi connectivity index (χ1n) is 9.66. The van der Waals surface area contributed by atoms with Crippen molar-refractivity contribution in [1.29, 1.82) is 0 Å². The number of carbonyl (C=O) groups is 1. The monoisotopic (exact) mass is 418 g/mol. The zero-order valence-electron chi connectivity index (χ0n) is 15.9. The third kappa shape index (κ3) is 3.67. The molecule has 2 aliphatic heterocycles. The van der Waals surface area contributed by atoms with Gasteiger partial charge < -0.3 is 24.8 Å². The number of rotatable bonds is 4. The van der Waals surface area contributed by atoms with Crippen LogP contribution in [-0.2, 0) is 22.3 Å². The Morgan fingerprint density at radius 2 is 1.76 bits per heavy atom. The summed E-state index contributed by atoms with van der Waals surface area (Å²) in [6.07, 6.45) is -4.00. The molecule has 5 atom stereocenters. The van der Waals surface area contributed by atoms with Gasteiger partial charge in [-0.15, -0.1) is 0 Å². The second-order valence-electron chi connectivity index (χ2n) is 7.51. The van der Waals surface area contributed by atoms with Gasteiger partial charge in [0.25, 0.3) is 0 Å². The molecule has 1 saturated heterocycles. The van der Waals surface area contributed by atoms with E-state index in [0.717, 1.165) is 17.5 Å². The number of fused-ring (bicyclic) bond motifs is 3. The van der Waals surface area contributed by atoms with Crippen molar-refractivity contribution in [1.82, 2.24) is 0 Å². The summed E-state index contributed by atoms with van der Waals surface area (Å²) in [5, 5.41) is 30.4. The fourth-order valence-corrected chi connectivity index (χ4v) is 4.19. The van der Waals surface area contributed by atoms with Crippen LogP contribution in [0.15, 0.2) is 36.4 Å². The molecule has 0 radical (unpaired) electrons. The molecule has 2 aromatic carbocycles. The number of aliphatic hydroxyl groups is 3. The molecular weight excluding hydrogens is 396 g/mol. The first kappa shape index (κ1) is 20.3. The van der Waals surface area contributed by atoms with Crippen molar-refractivity contribution < 1.29 is 29.6 Å². The predicted octanol–water partition coefficient (Wildman–Crippen LogP) is 2.19. The van der Waals surface area contributed by atoms with Gasteiger partial charge in [0.15, 0.2) is 6.10 Å². The third-order valence-electron chi connectivity index (χ3n) is 5.68. The van der Waals surface area contributed by atoms with E-state index in [2.05, 4.69) is 19.1 Å². The van der Waals surface area contributed by atoms with Gasteiger partial charge in [-0.2, -0.15) is 0 Å². The standard InChI is InChI=1S/C22H23ClO6/c1-2-11-3-5-12(6-4-11)7-13-8-14-15(9-16(13)23)22(27)29-21-19(26)18(25)17(10-24)28-20(14)21/h3-6,8-9,17-21,24-26H,2,7,10H2,1H3/t17-,18-,19+,20+,21-/m1/s1. The lowest BCUT2D eigenvalue weighted by molar-refractivity contribution is -0.234. The van der Waals surface area contributed by atoms with Gasteiger partial charge in [-0.05, 0) is 41.2 Å². The third-order valence-corrected chi connectivity index (χ3v) is 6.03. The van der Waals surface area contributed by atoms with Crippen molar-refractivity contribution in [2.75, 3.05) is 6.61 Å². The minimum Gasteiger partial charge on any atom is -0.453 e. The molecule has 2 aromatic rings. The summed E-state index contributed by atoms with van der Waals surface area (Å²) in [5.41, 5.74) is 3.94. The molecule has 7 heteroatoms. The summed E-state index contributed by atoms with van der Waals surface area (Å²) in [6.45, 7) is 1.63. The number of hydrogen-bond acceptors (Lipinski definition) is 6. The van der Waals surface area contributed by atoms with Gasteiger partial charge in [-0.25, -0.2) is 4.79 Å². The maximum absolute atomic E-state index is 12.5. The Labute approximate surface area is 173 Å². The van der Waals surface area contributed by atoms with Gasteiger partial charge in [0, 0.05) is 5.02 Å². The van der Waals surface area contributed by atoms with Crippen LogP contribution in [0.4, 0.5) is 0 Å². The number of ether oxygens (including phenoxy) is 2. The Morgan fingerprint density at radius 1 is 1.07 bits per heavy atom. The van der Waals surface area contributed by atoms with Crippen molar-refractivity contribution in [2.45, 2.75) is 50.3 Å². The summed E-state index contributed by atoms with van der Waals surface area (Å²) < 4.78 is 11.1. The molecule has 0 aromatic heterocycles. The molecule has 0 unspecified atom stereocenters. The van der Waals surface area contributed by atoms with Crippen LogP contribution in [-0.4, -0.2) is 52.3 Å². The number of hydrogen-bond donors (Lipinski definition) is 3. The number of esters is 1. The Morgan fingerprint density at radius 3 is 2.41 bits per heavy atom. The summed E-state index contributed by atoms with van der Waals surface area (Å²) in [4.78, 5) is 12.5. The number of carbonyl (C=O) groups excluding carboxylic acids is 1. The van der Waals surface area contributed by atoms with Gasteiger partial charge in [0.05, 0.1) is 12.2 Å². The molecule has 4 rings (SSSR count). The van der Waals surface area contributed by atoms with E-state index < -0.39 is 43.1 Å². The van der Waals surface area contributed by atoms with Crippen LogP contribution < -0.4 is 0 Å². The molecule has 0 aliphatic carbocycles. The highest BCUT2D eigenvalue weighted by Crippen LogP contribution is 2.41. The zero-order valence-corrected chi connectivity index (χ0v) is 16.7. The highest BCUT2D eigenvalue weighted by Gasteiger charge is 2.50. The van der Waals surface area contributed by atoms with Gasteiger partial charge in [-0.3, -0.25) is 0 Å². The maximum Gasteiger partial charge on any atom is 0.339 e. The molecule has 0 amide bonds. The van der Waals surface area contributed by atoms with E-state index in [9.17, 15) is 20.1 Å². The topological polar surface area (TPSA) is 96.2 Å². The van der Waals surface area contributed by atoms with Crippen molar-refractivity contribution in [3.05, 3.63) is 69.2 Å². The number of aryl methyl sites for hydroxylation is 1. The molecule has 0 bridgehead atoms. The van der Waals surface area contributed by atoms with E-state index >= 15 is 0 Å². The van der Waals surface area contributed by atoms with Crippen molar-refractivity contribution >= 4 is 17.6 Å². The van der Waals surface area contributed by atoms with Gasteiger partial charge in [0.1, 0.15) is 24.4 Å². The lowest BCUT2D eigenvalue weighted by Gasteiger charge is -2.44. The van der Waals surface area contributed by atoms with Crippen LogP contribution in [0, 0.1) is 0 Å². The smallest absolute Gasteiger partial charge is 0.339 e. The molecular formula is C22H23ClO6. The average Bonchev–Trinajstić information content (AvgIpc) is 2.73. The largest absolute Gasteiger partial charge is 0.453 e. The minimum absolute atomic E-state index is 0.265. The molecule has 3 N–H and O–H groups in total. The van der Waals surface area contributed by atoms with Crippen LogP contribution in [0.5, 0.6) is 0 Å². The lowest BCUT2D eigenvalue weighted by Crippen LogP contribution is -2.58. The zero-order chi connectivity index (χ0) is 20.7. The quantitative estimate of drug-likeness (QED) is 0.659. The van der Waals surface area contributed by atoms with Gasteiger partial charge in [-0.1, -0.05) is 48.9 Å². The predicted molar refractivity (Wildman–Crippen MR) is 106 cm³/mol. The number of benzene rings is 2. The summed E-state index contributed by atoms with van der Waals surface area (Å²) >= 11 is 6.44. The second kappa shape index (κ2) is 8.05.